The number of carboxylic acids is 1. The number of aryl methyl sites for hydroxylation is 1. The summed E-state index contributed by atoms with van der Waals surface area (Å²) in [7, 11) is 0. The monoisotopic (exact) mass is 508 g/mol. The van der Waals surface area contributed by atoms with Gasteiger partial charge in [-0.25, -0.2) is 19.3 Å². The number of halogens is 3. The van der Waals surface area contributed by atoms with Crippen LogP contribution in [0.5, 0.6) is 5.75 Å². The minimum absolute atomic E-state index is 0.0734. The van der Waals surface area contributed by atoms with Crippen molar-refractivity contribution in [2.24, 2.45) is 17.8 Å². The summed E-state index contributed by atoms with van der Waals surface area (Å²) in [5.74, 6) is 0.407. The molecule has 0 radical (unpaired) electrons. The molecule has 6 rings (SSSR count). The molecule has 10 heteroatoms. The third kappa shape index (κ3) is 4.20. The normalized spacial score (nSPS) is 22.4. The van der Waals surface area contributed by atoms with Gasteiger partial charge in [0.05, 0.1) is 23.5 Å². The van der Waals surface area contributed by atoms with Crippen molar-refractivity contribution in [3.63, 3.8) is 0 Å². The van der Waals surface area contributed by atoms with Crippen molar-refractivity contribution in [2.45, 2.75) is 38.8 Å². The highest BCUT2D eigenvalue weighted by atomic mass is 19.3. The molecule has 2 aliphatic carbocycles. The van der Waals surface area contributed by atoms with E-state index in [1.807, 2.05) is 4.57 Å². The van der Waals surface area contributed by atoms with Gasteiger partial charge in [-0.15, -0.1) is 0 Å². The van der Waals surface area contributed by atoms with Gasteiger partial charge < -0.3 is 14.4 Å². The third-order valence-electron chi connectivity index (χ3n) is 7.62. The maximum Gasteiger partial charge on any atom is 0.387 e. The Hall–Kier alpha value is -3.95. The summed E-state index contributed by atoms with van der Waals surface area (Å²) in [4.78, 5) is 24.6. The van der Waals surface area contributed by atoms with Crippen LogP contribution in [0.4, 0.5) is 13.2 Å². The number of alkyl halides is 2. The first-order chi connectivity index (χ1) is 17.8. The Bertz CT molecular complexity index is 1490. The van der Waals surface area contributed by atoms with Crippen LogP contribution in [-0.4, -0.2) is 37.2 Å². The van der Waals surface area contributed by atoms with E-state index in [9.17, 15) is 18.7 Å². The number of hydrogen-bond donors (Lipinski definition) is 1. The fraction of sp³-hybridized carbons (Fsp3) is 0.333. The van der Waals surface area contributed by atoms with E-state index in [0.717, 1.165) is 12.8 Å². The van der Waals surface area contributed by atoms with Crippen LogP contribution < -0.4 is 4.74 Å². The summed E-state index contributed by atoms with van der Waals surface area (Å²) in [6.07, 6.45) is 4.70. The van der Waals surface area contributed by atoms with Crippen LogP contribution in [0.1, 0.15) is 36.0 Å². The number of ether oxygens (including phenoxy) is 1. The molecule has 0 amide bonds. The lowest BCUT2D eigenvalue weighted by molar-refractivity contribution is -0.139. The fourth-order valence-electron chi connectivity index (χ4n) is 5.81. The highest BCUT2D eigenvalue weighted by Gasteiger charge is 2.60. The number of nitrogens with zero attached hydrogens (tertiary/aromatic N) is 4. The van der Waals surface area contributed by atoms with Gasteiger partial charge in [0.25, 0.3) is 0 Å². The molecule has 0 aliphatic heterocycles. The number of fused-ring (bicyclic) bond motifs is 2. The summed E-state index contributed by atoms with van der Waals surface area (Å²) >= 11 is 0. The van der Waals surface area contributed by atoms with Crippen molar-refractivity contribution in [1.29, 1.82) is 0 Å². The van der Waals surface area contributed by atoms with Gasteiger partial charge in [0, 0.05) is 41.1 Å². The molecule has 0 saturated heterocycles. The van der Waals surface area contributed by atoms with E-state index in [0.29, 0.717) is 39.4 Å². The van der Waals surface area contributed by atoms with Crippen molar-refractivity contribution >= 4 is 17.0 Å². The topological polar surface area (TPSA) is 90.1 Å². The van der Waals surface area contributed by atoms with E-state index in [2.05, 4.69) is 19.7 Å². The predicted molar refractivity (Wildman–Crippen MR) is 128 cm³/mol. The van der Waals surface area contributed by atoms with E-state index in [1.54, 1.807) is 43.6 Å². The molecule has 7 nitrogen and oxygen atoms in total. The minimum atomic E-state index is -2.95. The summed E-state index contributed by atoms with van der Waals surface area (Å²) < 4.78 is 47.3. The van der Waals surface area contributed by atoms with Gasteiger partial charge in [0.2, 0.25) is 0 Å². The van der Waals surface area contributed by atoms with E-state index >= 15 is 4.39 Å². The first kappa shape index (κ1) is 23.4. The fourth-order valence-corrected chi connectivity index (χ4v) is 5.81. The number of hydrogen-bond acceptors (Lipinski definition) is 5. The zero-order chi connectivity index (χ0) is 25.8. The predicted octanol–water partition coefficient (Wildman–Crippen LogP) is 5.41. The zero-order valence-corrected chi connectivity index (χ0v) is 19.8. The van der Waals surface area contributed by atoms with Crippen LogP contribution in [-0.2, 0) is 11.3 Å². The molecule has 0 bridgehead atoms. The van der Waals surface area contributed by atoms with Gasteiger partial charge in [0.15, 0.2) is 0 Å². The highest BCUT2D eigenvalue weighted by Crippen LogP contribution is 2.61. The van der Waals surface area contributed by atoms with Gasteiger partial charge in [-0.3, -0.25) is 4.79 Å². The standard InChI is InChI=1S/C27H23F3N4O3/c1-13-33-21-9-20(28)17(8-22(21)34(13)12-14-4-2-3-5-23(14)37-27(29)30)16-10-31-25(32-11-16)15-6-18-19(7-15)24(18)26(35)36/h2-5,8-11,15,18-19,24,27H,6-7,12H2,1H3,(H,35,36)/t15?,18-,19+,24?. The molecule has 4 atom stereocenters. The quantitative estimate of drug-likeness (QED) is 0.359. The Morgan fingerprint density at radius 2 is 1.86 bits per heavy atom. The van der Waals surface area contributed by atoms with Crippen molar-refractivity contribution in [1.82, 2.24) is 19.5 Å². The number of para-hydroxylation sites is 1. The summed E-state index contributed by atoms with van der Waals surface area (Å²) in [5, 5.41) is 9.22. The lowest BCUT2D eigenvalue weighted by Gasteiger charge is -2.14. The van der Waals surface area contributed by atoms with Crippen molar-refractivity contribution < 1.29 is 27.8 Å². The maximum absolute atomic E-state index is 15.1. The number of rotatable bonds is 7. The number of carboxylic acid groups (broad SMARTS) is 1. The molecule has 4 aromatic rings. The van der Waals surface area contributed by atoms with Crippen LogP contribution >= 0.6 is 0 Å². The van der Waals surface area contributed by atoms with Crippen molar-refractivity contribution in [3.05, 3.63) is 71.8 Å². The summed E-state index contributed by atoms with van der Waals surface area (Å²) in [6.45, 7) is -0.959. The third-order valence-corrected chi connectivity index (χ3v) is 7.62. The molecule has 190 valence electrons. The lowest BCUT2D eigenvalue weighted by atomic mass is 9.99. The van der Waals surface area contributed by atoms with Gasteiger partial charge >= 0.3 is 12.6 Å². The molecule has 2 aromatic heterocycles. The molecule has 2 aliphatic rings. The van der Waals surface area contributed by atoms with Gasteiger partial charge in [-0.2, -0.15) is 8.78 Å². The Morgan fingerprint density at radius 1 is 1.16 bits per heavy atom. The van der Waals surface area contributed by atoms with Crippen LogP contribution in [0.25, 0.3) is 22.2 Å². The minimum Gasteiger partial charge on any atom is -0.481 e. The van der Waals surface area contributed by atoms with Crippen LogP contribution in [0.3, 0.4) is 0 Å². The second-order valence-corrected chi connectivity index (χ2v) is 9.74. The van der Waals surface area contributed by atoms with E-state index < -0.39 is 18.4 Å². The Morgan fingerprint density at radius 3 is 2.54 bits per heavy atom. The average Bonchev–Trinajstić information content (AvgIpc) is 3.22. The zero-order valence-electron chi connectivity index (χ0n) is 19.8. The van der Waals surface area contributed by atoms with Crippen molar-refractivity contribution in [3.8, 4) is 16.9 Å². The molecule has 2 unspecified atom stereocenters. The molecule has 1 N–H and O–H groups in total. The largest absolute Gasteiger partial charge is 0.481 e. The molecule has 2 aromatic carbocycles. The number of aromatic nitrogens is 4. The summed E-state index contributed by atoms with van der Waals surface area (Å²) in [6, 6.07) is 9.56. The first-order valence-electron chi connectivity index (χ1n) is 12.0. The van der Waals surface area contributed by atoms with Gasteiger partial charge in [-0.1, -0.05) is 18.2 Å². The Labute approximate surface area is 210 Å². The highest BCUT2D eigenvalue weighted by molar-refractivity contribution is 5.83. The molecule has 37 heavy (non-hydrogen) atoms. The molecule has 2 heterocycles. The van der Waals surface area contributed by atoms with Crippen LogP contribution in [0, 0.1) is 30.5 Å². The smallest absolute Gasteiger partial charge is 0.387 e. The van der Waals surface area contributed by atoms with Crippen LogP contribution in [0.2, 0.25) is 0 Å². The van der Waals surface area contributed by atoms with Gasteiger partial charge in [0.1, 0.15) is 23.2 Å². The Balaban J connectivity index is 1.28. The van der Waals surface area contributed by atoms with Gasteiger partial charge in [-0.05, 0) is 43.7 Å². The number of aliphatic carboxylic acids is 1. The molecule has 2 fully saturated rings. The molecule has 0 spiro atoms. The molecular weight excluding hydrogens is 485 g/mol. The SMILES string of the molecule is Cc1nc2cc(F)c(-c3cnc(C4C[C@@H]5C(C(=O)O)[C@@H]5C4)nc3)cc2n1Cc1ccccc1OC(F)F. The van der Waals surface area contributed by atoms with Crippen molar-refractivity contribution in [2.75, 3.05) is 0 Å². The first-order valence-corrected chi connectivity index (χ1v) is 12.0. The van der Waals surface area contributed by atoms with E-state index in [-0.39, 0.29) is 36.0 Å². The number of benzene rings is 2. The lowest BCUT2D eigenvalue weighted by Crippen LogP contribution is -2.09. The van der Waals surface area contributed by atoms with E-state index in [1.165, 1.54) is 12.1 Å². The van der Waals surface area contributed by atoms with E-state index in [4.69, 9.17) is 0 Å². The second kappa shape index (κ2) is 8.86. The average molecular weight is 509 g/mol. The second-order valence-electron chi connectivity index (χ2n) is 9.74. The summed E-state index contributed by atoms with van der Waals surface area (Å²) in [5.41, 5.74) is 2.43. The number of imidazole rings is 1. The number of carbonyl (C=O) groups is 1. The maximum atomic E-state index is 15.1. The molecule has 2 saturated carbocycles. The Kier molecular flexibility index (Phi) is 5.62. The molecular formula is C27H23F3N4O3. The van der Waals surface area contributed by atoms with Crippen LogP contribution in [0.15, 0.2) is 48.8 Å².